The number of aliphatic carboxylic acids is 1. The first-order valence-electron chi connectivity index (χ1n) is 14.6. The Kier molecular flexibility index (Phi) is 6.83. The summed E-state index contributed by atoms with van der Waals surface area (Å²) in [4.78, 5) is 41.5. The van der Waals surface area contributed by atoms with Crippen LogP contribution in [0.5, 0.6) is 5.75 Å². The van der Waals surface area contributed by atoms with E-state index in [2.05, 4.69) is 24.3 Å². The molecule has 216 valence electrons. The number of hydrogen-bond donors (Lipinski definition) is 1. The molecule has 6 rings (SSSR count). The van der Waals surface area contributed by atoms with Crippen molar-refractivity contribution in [2.75, 3.05) is 6.54 Å². The highest BCUT2D eigenvalue weighted by atomic mass is 16.5. The second-order valence-corrected chi connectivity index (χ2v) is 13.5. The van der Waals surface area contributed by atoms with E-state index in [0.717, 1.165) is 33.3 Å². The Morgan fingerprint density at radius 2 is 1.38 bits per heavy atom. The molecule has 42 heavy (non-hydrogen) atoms. The van der Waals surface area contributed by atoms with Crippen LogP contribution in [0.1, 0.15) is 70.4 Å². The van der Waals surface area contributed by atoms with Gasteiger partial charge in [0.15, 0.2) is 11.6 Å². The monoisotopic (exact) mass is 563 g/mol. The van der Waals surface area contributed by atoms with Gasteiger partial charge in [0.25, 0.3) is 0 Å². The maximum Gasteiger partial charge on any atom is 0.323 e. The molecule has 3 aliphatic rings. The maximum atomic E-state index is 13.8. The number of rotatable bonds is 6. The van der Waals surface area contributed by atoms with Crippen molar-refractivity contribution in [3.63, 3.8) is 0 Å². The first-order valence-corrected chi connectivity index (χ1v) is 14.6. The molecule has 0 spiro atoms. The number of ketones is 2. The molecule has 6 heteroatoms. The number of carboxylic acids is 1. The summed E-state index contributed by atoms with van der Waals surface area (Å²) in [5.74, 6) is -0.819. The van der Waals surface area contributed by atoms with Crippen LogP contribution in [0.4, 0.5) is 0 Å². The van der Waals surface area contributed by atoms with Crippen LogP contribution >= 0.6 is 0 Å². The highest BCUT2D eigenvalue weighted by Crippen LogP contribution is 2.54. The first kappa shape index (κ1) is 28.0. The van der Waals surface area contributed by atoms with E-state index in [-0.39, 0.29) is 28.9 Å². The summed E-state index contributed by atoms with van der Waals surface area (Å²) in [5.41, 5.74) is 4.00. The fraction of sp³-hybridized carbons (Fsp3) is 0.361. The van der Waals surface area contributed by atoms with Gasteiger partial charge in [-0.25, -0.2) is 0 Å². The molecule has 0 unspecified atom stereocenters. The zero-order valence-corrected chi connectivity index (χ0v) is 24.7. The SMILES string of the molecule is CC1(C)CC(=O)C2=C(C1)N(CC(=O)O)C1=C(C(=O)CC(C)(C)C1)C2c1ccc(OCc2cccc3ccccc23)cc1. The van der Waals surface area contributed by atoms with Gasteiger partial charge in [-0.15, -0.1) is 0 Å². The summed E-state index contributed by atoms with van der Waals surface area (Å²) >= 11 is 0. The molecule has 3 aromatic carbocycles. The largest absolute Gasteiger partial charge is 0.489 e. The van der Waals surface area contributed by atoms with Crippen LogP contribution in [0.3, 0.4) is 0 Å². The summed E-state index contributed by atoms with van der Waals surface area (Å²) in [7, 11) is 0. The Labute approximate surface area is 246 Å². The summed E-state index contributed by atoms with van der Waals surface area (Å²) in [6, 6.07) is 22.1. The topological polar surface area (TPSA) is 83.9 Å². The molecule has 1 N–H and O–H groups in total. The second kappa shape index (κ2) is 10.3. The average molecular weight is 564 g/mol. The molecule has 0 bridgehead atoms. The van der Waals surface area contributed by atoms with Gasteiger partial charge in [-0.2, -0.15) is 0 Å². The third-order valence-electron chi connectivity index (χ3n) is 8.80. The summed E-state index contributed by atoms with van der Waals surface area (Å²) < 4.78 is 6.18. The van der Waals surface area contributed by atoms with E-state index in [0.29, 0.717) is 49.2 Å². The molecule has 0 aromatic heterocycles. The van der Waals surface area contributed by atoms with Crippen LogP contribution < -0.4 is 4.74 Å². The van der Waals surface area contributed by atoms with Gasteiger partial charge in [-0.1, -0.05) is 82.3 Å². The van der Waals surface area contributed by atoms with Crippen LogP contribution in [0.2, 0.25) is 0 Å². The highest BCUT2D eigenvalue weighted by Gasteiger charge is 2.49. The van der Waals surface area contributed by atoms with Gasteiger partial charge >= 0.3 is 5.97 Å². The maximum absolute atomic E-state index is 13.8. The number of Topliss-reactive ketones (excluding diaryl/α,β-unsaturated/α-hetero) is 2. The lowest BCUT2D eigenvalue weighted by Crippen LogP contribution is -2.45. The van der Waals surface area contributed by atoms with Crippen LogP contribution in [-0.4, -0.2) is 34.1 Å². The number of ether oxygens (including phenoxy) is 1. The van der Waals surface area contributed by atoms with E-state index in [1.54, 1.807) is 4.90 Å². The van der Waals surface area contributed by atoms with Crippen molar-refractivity contribution >= 4 is 28.3 Å². The van der Waals surface area contributed by atoms with Crippen LogP contribution in [0.15, 0.2) is 89.3 Å². The summed E-state index contributed by atoms with van der Waals surface area (Å²) in [6.07, 6.45) is 1.88. The molecule has 2 aliphatic carbocycles. The molecule has 1 aliphatic heterocycles. The van der Waals surface area contributed by atoms with Crippen molar-refractivity contribution in [1.29, 1.82) is 0 Å². The minimum absolute atomic E-state index is 0.0119. The predicted octanol–water partition coefficient (Wildman–Crippen LogP) is 7.19. The lowest BCUT2D eigenvalue weighted by atomic mass is 9.63. The van der Waals surface area contributed by atoms with Crippen molar-refractivity contribution in [2.24, 2.45) is 10.8 Å². The zero-order valence-electron chi connectivity index (χ0n) is 24.7. The van der Waals surface area contributed by atoms with Crippen molar-refractivity contribution in [2.45, 2.75) is 65.9 Å². The van der Waals surface area contributed by atoms with Gasteiger partial charge in [0.05, 0.1) is 0 Å². The number of benzene rings is 3. The molecule has 0 atom stereocenters. The quantitative estimate of drug-likeness (QED) is 0.342. The lowest BCUT2D eigenvalue weighted by molar-refractivity contribution is -0.138. The van der Waals surface area contributed by atoms with Crippen molar-refractivity contribution < 1.29 is 24.2 Å². The third-order valence-corrected chi connectivity index (χ3v) is 8.80. The lowest BCUT2D eigenvalue weighted by Gasteiger charge is -2.48. The van der Waals surface area contributed by atoms with E-state index in [1.807, 2.05) is 70.2 Å². The molecule has 0 amide bonds. The fourth-order valence-corrected chi connectivity index (χ4v) is 7.04. The number of allylic oxidation sites excluding steroid dienone is 4. The Morgan fingerprint density at radius 3 is 1.98 bits per heavy atom. The first-order chi connectivity index (χ1) is 19.9. The average Bonchev–Trinajstić information content (AvgIpc) is 2.91. The van der Waals surface area contributed by atoms with Crippen LogP contribution in [-0.2, 0) is 21.0 Å². The Bertz CT molecular complexity index is 1620. The van der Waals surface area contributed by atoms with E-state index in [4.69, 9.17) is 4.74 Å². The zero-order chi connectivity index (χ0) is 29.8. The molecule has 0 saturated heterocycles. The Morgan fingerprint density at radius 1 is 0.810 bits per heavy atom. The molecule has 1 heterocycles. The number of fused-ring (bicyclic) bond motifs is 1. The van der Waals surface area contributed by atoms with Gasteiger partial charge in [-0.3, -0.25) is 14.4 Å². The Balaban J connectivity index is 1.39. The van der Waals surface area contributed by atoms with E-state index in [1.165, 1.54) is 0 Å². The molecular formula is C36H37NO5. The molecular weight excluding hydrogens is 526 g/mol. The molecule has 0 saturated carbocycles. The van der Waals surface area contributed by atoms with Crippen molar-refractivity contribution in [3.05, 3.63) is 100 Å². The van der Waals surface area contributed by atoms with Crippen molar-refractivity contribution in [3.8, 4) is 5.75 Å². The smallest absolute Gasteiger partial charge is 0.323 e. The van der Waals surface area contributed by atoms with E-state index in [9.17, 15) is 19.5 Å². The molecule has 0 fully saturated rings. The van der Waals surface area contributed by atoms with E-state index < -0.39 is 11.9 Å². The van der Waals surface area contributed by atoms with Crippen molar-refractivity contribution in [1.82, 2.24) is 4.90 Å². The van der Waals surface area contributed by atoms with Crippen LogP contribution in [0, 0.1) is 10.8 Å². The number of carbonyl (C=O) groups excluding carboxylic acids is 2. The molecule has 3 aromatic rings. The minimum Gasteiger partial charge on any atom is -0.489 e. The summed E-state index contributed by atoms with van der Waals surface area (Å²) in [5, 5.41) is 12.2. The van der Waals surface area contributed by atoms with Gasteiger partial charge in [-0.05, 0) is 57.7 Å². The predicted molar refractivity (Wildman–Crippen MR) is 162 cm³/mol. The highest BCUT2D eigenvalue weighted by molar-refractivity contribution is 6.07. The number of nitrogens with zero attached hydrogens (tertiary/aromatic N) is 1. The normalized spacial score (nSPS) is 20.0. The third kappa shape index (κ3) is 5.15. The summed E-state index contributed by atoms with van der Waals surface area (Å²) in [6.45, 7) is 8.34. The molecule has 0 radical (unpaired) electrons. The van der Waals surface area contributed by atoms with E-state index >= 15 is 0 Å². The molecule has 6 nitrogen and oxygen atoms in total. The van der Waals surface area contributed by atoms with Gasteiger partial charge in [0.1, 0.15) is 18.9 Å². The standard InChI is InChI=1S/C36H37NO5/c1-35(2)16-27-33(29(38)18-35)32(34-28(37(27)20-31(40)41)17-36(3,4)19-30(34)39)23-12-14-25(15-13-23)42-21-24-10-7-9-22-8-5-6-11-26(22)24/h5-15,32H,16-21H2,1-4H3,(H,40,41). The second-order valence-electron chi connectivity index (χ2n) is 13.5. The van der Waals surface area contributed by atoms with Crippen LogP contribution in [0.25, 0.3) is 10.8 Å². The van der Waals surface area contributed by atoms with Gasteiger partial charge < -0.3 is 14.7 Å². The van der Waals surface area contributed by atoms with Gasteiger partial charge in [0, 0.05) is 41.3 Å². The number of hydrogen-bond acceptors (Lipinski definition) is 5. The number of carbonyl (C=O) groups is 3. The Hall–Kier alpha value is -4.19. The number of carboxylic acid groups (broad SMARTS) is 1. The fourth-order valence-electron chi connectivity index (χ4n) is 7.04. The van der Waals surface area contributed by atoms with Gasteiger partial charge in [0.2, 0.25) is 0 Å². The minimum atomic E-state index is -0.980.